The average Bonchev–Trinajstić information content (AvgIpc) is 1.06. The molecule has 10 aromatic carbocycles. The number of rotatable bonds is 15. The summed E-state index contributed by atoms with van der Waals surface area (Å²) in [6.07, 6.45) is -35.8. The van der Waals surface area contributed by atoms with Crippen LogP contribution in [0.4, 0.5) is 105 Å². The van der Waals surface area contributed by atoms with Crippen LogP contribution in [0.1, 0.15) is 122 Å². The molecule has 0 bridgehead atoms. The van der Waals surface area contributed by atoms with Crippen molar-refractivity contribution < 1.29 is 130 Å². The van der Waals surface area contributed by atoms with Crippen molar-refractivity contribution in [1.29, 1.82) is 0 Å². The number of hydrogen-bond acceptors (Lipinski definition) is 1. The first kappa shape index (κ1) is 87.7. The Morgan fingerprint density at radius 1 is 0.239 bits per heavy atom. The summed E-state index contributed by atoms with van der Waals surface area (Å²) in [5, 5.41) is 7.64. The smallest absolute Gasteiger partial charge is 0.416 e. The summed E-state index contributed by atoms with van der Waals surface area (Å²) in [5.41, 5.74) is -26.6. The van der Waals surface area contributed by atoms with Crippen LogP contribution < -0.4 is 58.4 Å². The number of hydrogen-bond donors (Lipinski definition) is 0. The largest absolute Gasteiger partial charge is 0.456 e. The zero-order valence-electron chi connectivity index (χ0n) is 59.0. The summed E-state index contributed by atoms with van der Waals surface area (Å²) in [4.78, 5) is 0. The Kier molecular flexibility index (Phi) is 27.5. The molecule has 0 heterocycles. The van der Waals surface area contributed by atoms with Gasteiger partial charge in [-0.2, -0.15) is 127 Å². The first-order chi connectivity index (χ1) is 52.6. The van der Waals surface area contributed by atoms with E-state index in [1.807, 2.05) is 0 Å². The SMILES string of the molecule is C1CCC(P(C2CCCC2)C2CCCC2)C1.FC(F)(F)c1cc([B-](c2cc(C(F)(F)F)cc(C(F)(F)F)c2)(c2cc(C(F)(F)F)cc(C(F)(F)F)c2)c2cc(C(F)(F)F)cc(C(F)(F)F)c2)cc(C(F)(F)F)c1.[Rh].c1ccc(P(c2ccccc2)c2ccccc2Oc2ccccc2P(c2ccccc2)c2ccccc2)cc1. The molecule has 0 saturated heterocycles. The zero-order valence-corrected chi connectivity index (χ0v) is 63.4. The Bertz CT molecular complexity index is 4120. The van der Waals surface area contributed by atoms with Gasteiger partial charge in [0.05, 0.1) is 44.5 Å². The fraction of sp³-hybridized carbons (Fsp3) is 0.277. The molecule has 0 N–H and O–H groups in total. The van der Waals surface area contributed by atoms with Gasteiger partial charge in [-0.15, -0.1) is 0 Å². The third-order valence-electron chi connectivity index (χ3n) is 20.2. The minimum atomic E-state index is -6.13. The van der Waals surface area contributed by atoms with Gasteiger partial charge in [0.2, 0.25) is 0 Å². The molecule has 0 atom stereocenters. The molecule has 1 nitrogen and oxygen atoms in total. The standard InChI is InChI=1S/C36H28OP2.C32H12BF24.C15H27P.Rh/c1-5-17-29(18-6-1)38(30-19-7-2-8-20-30)35-27-15-13-25-33(35)37-34-26-14-16-28-36(34)39(31-21-9-3-10-22-31)32-23-11-4-12-24-32;34-25(35,36)13-1-14(26(37,38)39)6-21(5-13)33(22-7-15(27(40,41)42)2-16(8-22)28(43,44)45,23-9-17(29(46,47)48)3-18(10-23)30(49,50)51)24-11-19(31(52,53)54)4-20(12-24)32(55,56)57;1-2-8-13(7-1)16(14-9-3-4-10-14)15-11-5-6-12-15;/h1-28H;1-12H;13-15H,1-12H2;/q;-1;;. The molecule has 13 rings (SSSR count). The normalized spacial score (nSPS) is 15.2. The van der Waals surface area contributed by atoms with Crippen molar-refractivity contribution in [2.75, 3.05) is 0 Å². The molecule has 0 unspecified atom stereocenters. The van der Waals surface area contributed by atoms with Crippen LogP contribution in [-0.2, 0) is 68.9 Å². The van der Waals surface area contributed by atoms with E-state index in [1.54, 1.807) is 77.0 Å². The van der Waals surface area contributed by atoms with Crippen LogP contribution in [-0.4, -0.2) is 23.1 Å². The van der Waals surface area contributed by atoms with Crippen molar-refractivity contribution in [2.45, 2.75) is 143 Å². The second-order valence-electron chi connectivity index (χ2n) is 27.5. The van der Waals surface area contributed by atoms with E-state index >= 15 is 0 Å². The minimum Gasteiger partial charge on any atom is -0.456 e. The van der Waals surface area contributed by atoms with Gasteiger partial charge in [0.1, 0.15) is 17.6 Å². The van der Waals surface area contributed by atoms with E-state index in [-0.39, 0.29) is 19.5 Å². The number of alkyl halides is 24. The van der Waals surface area contributed by atoms with Crippen molar-refractivity contribution in [3.05, 3.63) is 287 Å². The summed E-state index contributed by atoms with van der Waals surface area (Å²) < 4.78 is 348. The summed E-state index contributed by atoms with van der Waals surface area (Å²) in [7, 11) is -1.15. The van der Waals surface area contributed by atoms with Gasteiger partial charge < -0.3 is 4.74 Å². The van der Waals surface area contributed by atoms with Crippen LogP contribution in [0.3, 0.4) is 0 Å². The Morgan fingerprint density at radius 2 is 0.416 bits per heavy atom. The summed E-state index contributed by atoms with van der Waals surface area (Å²) >= 11 is 0. The number of halogens is 24. The van der Waals surface area contributed by atoms with Crippen LogP contribution in [0, 0.1) is 0 Å². The molecule has 30 heteroatoms. The molecular weight excluding hydrogens is 1680 g/mol. The number of ether oxygens (including phenoxy) is 1. The molecule has 0 spiro atoms. The Labute approximate surface area is 651 Å². The van der Waals surface area contributed by atoms with E-state index in [2.05, 4.69) is 170 Å². The van der Waals surface area contributed by atoms with Crippen molar-refractivity contribution in [3.8, 4) is 11.5 Å². The van der Waals surface area contributed by atoms with Gasteiger partial charge in [-0.05, 0) is 129 Å². The average molecular weight is 1740 g/mol. The van der Waals surface area contributed by atoms with E-state index in [9.17, 15) is 105 Å². The van der Waals surface area contributed by atoms with Crippen LogP contribution in [0.5, 0.6) is 11.5 Å². The maximum atomic E-state index is 14.2. The van der Waals surface area contributed by atoms with Crippen molar-refractivity contribution >= 4 is 83.6 Å². The molecule has 3 saturated carbocycles. The maximum absolute atomic E-state index is 14.2. The number of benzene rings is 10. The van der Waals surface area contributed by atoms with Crippen LogP contribution in [0.25, 0.3) is 0 Å². The van der Waals surface area contributed by atoms with Gasteiger partial charge in [0, 0.05) is 30.1 Å². The molecular formula is C83H67BF24OP3Rh-. The van der Waals surface area contributed by atoms with Crippen LogP contribution in [0.15, 0.2) is 243 Å². The van der Waals surface area contributed by atoms with Gasteiger partial charge in [-0.1, -0.05) is 253 Å². The van der Waals surface area contributed by atoms with Gasteiger partial charge >= 0.3 is 49.4 Å². The zero-order chi connectivity index (χ0) is 81.0. The topological polar surface area (TPSA) is 9.23 Å². The monoisotopic (exact) mass is 1740 g/mol. The van der Waals surface area contributed by atoms with E-state index in [0.29, 0.717) is 7.92 Å². The summed E-state index contributed by atoms with van der Waals surface area (Å²) in [5.74, 6) is 1.81. The van der Waals surface area contributed by atoms with E-state index in [0.717, 1.165) is 11.5 Å². The summed E-state index contributed by atoms with van der Waals surface area (Å²) in [6.45, 7) is 0. The second kappa shape index (κ2) is 35.4. The molecule has 3 fully saturated rings. The molecule has 3 aliphatic carbocycles. The quantitative estimate of drug-likeness (QED) is 0.0565. The van der Waals surface area contributed by atoms with Crippen molar-refractivity contribution in [3.63, 3.8) is 0 Å². The van der Waals surface area contributed by atoms with Crippen LogP contribution >= 0.6 is 23.8 Å². The van der Waals surface area contributed by atoms with E-state index < -0.39 is 211 Å². The number of para-hydroxylation sites is 2. The van der Waals surface area contributed by atoms with Crippen LogP contribution in [0.2, 0.25) is 0 Å². The fourth-order valence-electron chi connectivity index (χ4n) is 15.3. The Morgan fingerprint density at radius 3 is 0.602 bits per heavy atom. The van der Waals surface area contributed by atoms with Crippen molar-refractivity contribution in [1.82, 2.24) is 0 Å². The van der Waals surface area contributed by atoms with Gasteiger partial charge in [-0.25, -0.2) is 0 Å². The molecule has 0 aliphatic heterocycles. The molecule has 601 valence electrons. The van der Waals surface area contributed by atoms with E-state index in [1.165, 1.54) is 48.8 Å². The van der Waals surface area contributed by atoms with Gasteiger partial charge in [0.15, 0.2) is 0 Å². The molecule has 0 aromatic heterocycles. The summed E-state index contributed by atoms with van der Waals surface area (Å²) in [6, 6.07) is 51.4. The molecule has 3 aliphatic rings. The van der Waals surface area contributed by atoms with E-state index in [4.69, 9.17) is 4.74 Å². The molecule has 0 amide bonds. The second-order valence-corrected chi connectivity index (χ2v) is 35.0. The third kappa shape index (κ3) is 21.1. The minimum absolute atomic E-state index is 0. The molecule has 1 radical (unpaired) electrons. The Balaban J connectivity index is 0.000000205. The predicted molar refractivity (Wildman–Crippen MR) is 394 cm³/mol. The van der Waals surface area contributed by atoms with Gasteiger partial charge in [0.25, 0.3) is 0 Å². The fourth-order valence-corrected chi connectivity index (χ4v) is 24.7. The van der Waals surface area contributed by atoms with Gasteiger partial charge in [-0.3, -0.25) is 0 Å². The third-order valence-corrected chi connectivity index (χ3v) is 29.2. The molecule has 113 heavy (non-hydrogen) atoms. The van der Waals surface area contributed by atoms with Crippen molar-refractivity contribution in [2.24, 2.45) is 0 Å². The maximum Gasteiger partial charge on any atom is 0.416 e. The first-order valence-corrected chi connectivity index (χ1v) is 39.6. The Hall–Kier alpha value is -7.70. The predicted octanol–water partition coefficient (Wildman–Crippen LogP) is 23.5. The molecule has 10 aromatic rings. The first-order valence-electron chi connectivity index (χ1n) is 35.4.